The van der Waals surface area contributed by atoms with Crippen LogP contribution in [0.4, 0.5) is 5.82 Å². The summed E-state index contributed by atoms with van der Waals surface area (Å²) in [5, 5.41) is 12.4. The molecule has 1 aromatic heterocycles. The Morgan fingerprint density at radius 1 is 1.58 bits per heavy atom. The Hall–Kier alpha value is -1.64. The molecule has 5 nitrogen and oxygen atoms in total. The van der Waals surface area contributed by atoms with Crippen LogP contribution >= 0.6 is 0 Å². The Labute approximate surface area is 114 Å². The molecule has 0 radical (unpaired) electrons. The van der Waals surface area contributed by atoms with Gasteiger partial charge in [0.15, 0.2) is 0 Å². The molecular formula is C14H20N4O. The van der Waals surface area contributed by atoms with Crippen LogP contribution in [0.15, 0.2) is 12.1 Å². The molecule has 0 spiro atoms. The molecule has 1 N–H and O–H groups in total. The van der Waals surface area contributed by atoms with Crippen molar-refractivity contribution in [2.24, 2.45) is 5.92 Å². The van der Waals surface area contributed by atoms with Gasteiger partial charge in [-0.2, -0.15) is 5.26 Å². The minimum atomic E-state index is 0.418. The molecule has 1 unspecified atom stereocenters. The monoisotopic (exact) mass is 260 g/mol. The van der Waals surface area contributed by atoms with Gasteiger partial charge < -0.3 is 15.0 Å². The van der Waals surface area contributed by atoms with Crippen molar-refractivity contribution in [3.8, 4) is 6.07 Å². The van der Waals surface area contributed by atoms with Crippen LogP contribution < -0.4 is 5.32 Å². The van der Waals surface area contributed by atoms with E-state index in [2.05, 4.69) is 28.3 Å². The smallest absolute Gasteiger partial charge is 0.144 e. The molecule has 0 bridgehead atoms. The number of pyridine rings is 1. The van der Waals surface area contributed by atoms with Crippen molar-refractivity contribution in [3.63, 3.8) is 0 Å². The number of rotatable bonds is 3. The Bertz CT molecular complexity index is 469. The van der Waals surface area contributed by atoms with Gasteiger partial charge in [-0.3, -0.25) is 0 Å². The van der Waals surface area contributed by atoms with E-state index in [1.54, 1.807) is 6.07 Å². The molecule has 5 heteroatoms. The topological polar surface area (TPSA) is 61.2 Å². The van der Waals surface area contributed by atoms with Gasteiger partial charge >= 0.3 is 0 Å². The maximum Gasteiger partial charge on any atom is 0.144 e. The number of nitrogens with zero attached hydrogens (tertiary/aromatic N) is 3. The molecule has 2 rings (SSSR count). The van der Waals surface area contributed by atoms with Gasteiger partial charge in [0.1, 0.15) is 11.9 Å². The first-order valence-electron chi connectivity index (χ1n) is 6.57. The van der Waals surface area contributed by atoms with Gasteiger partial charge in [0.05, 0.1) is 18.8 Å². The lowest BCUT2D eigenvalue weighted by Crippen LogP contribution is -2.30. The van der Waals surface area contributed by atoms with Crippen molar-refractivity contribution in [2.75, 3.05) is 45.2 Å². The first-order valence-corrected chi connectivity index (χ1v) is 6.57. The lowest BCUT2D eigenvalue weighted by Gasteiger charge is -2.19. The van der Waals surface area contributed by atoms with Crippen LogP contribution in [-0.4, -0.2) is 49.8 Å². The average Bonchev–Trinajstić information content (AvgIpc) is 2.61. The molecule has 19 heavy (non-hydrogen) atoms. The highest BCUT2D eigenvalue weighted by Crippen LogP contribution is 2.14. The molecule has 0 saturated carbocycles. The van der Waals surface area contributed by atoms with Crippen molar-refractivity contribution in [1.82, 2.24) is 9.88 Å². The summed E-state index contributed by atoms with van der Waals surface area (Å²) in [4.78, 5) is 6.65. The summed E-state index contributed by atoms with van der Waals surface area (Å²) in [7, 11) is 2.10. The van der Waals surface area contributed by atoms with E-state index in [9.17, 15) is 0 Å². The second-order valence-corrected chi connectivity index (χ2v) is 5.04. The Kier molecular flexibility index (Phi) is 4.72. The van der Waals surface area contributed by atoms with E-state index >= 15 is 0 Å². The van der Waals surface area contributed by atoms with Crippen LogP contribution in [0.2, 0.25) is 0 Å². The molecule has 1 aromatic rings. The van der Waals surface area contributed by atoms with E-state index in [1.807, 2.05) is 13.0 Å². The number of aryl methyl sites for hydroxylation is 1. The van der Waals surface area contributed by atoms with Gasteiger partial charge in [-0.25, -0.2) is 4.98 Å². The summed E-state index contributed by atoms with van der Waals surface area (Å²) in [5.41, 5.74) is 1.50. The SMILES string of the molecule is Cc1ccc(C#N)c(NCC2COCCN(C)C2)n1. The van der Waals surface area contributed by atoms with E-state index in [1.165, 1.54) is 0 Å². The summed E-state index contributed by atoms with van der Waals surface area (Å²) in [6.07, 6.45) is 0. The fourth-order valence-corrected chi connectivity index (χ4v) is 2.20. The van der Waals surface area contributed by atoms with Gasteiger partial charge in [0, 0.05) is 31.2 Å². The normalized spacial score (nSPS) is 20.6. The largest absolute Gasteiger partial charge is 0.380 e. The molecule has 1 aliphatic rings. The van der Waals surface area contributed by atoms with Gasteiger partial charge in [-0.1, -0.05) is 0 Å². The minimum Gasteiger partial charge on any atom is -0.380 e. The van der Waals surface area contributed by atoms with Crippen molar-refractivity contribution in [3.05, 3.63) is 23.4 Å². The maximum absolute atomic E-state index is 9.07. The maximum atomic E-state index is 9.07. The Morgan fingerprint density at radius 2 is 2.42 bits per heavy atom. The number of hydrogen-bond acceptors (Lipinski definition) is 5. The first kappa shape index (κ1) is 13.8. The predicted molar refractivity (Wildman–Crippen MR) is 74.0 cm³/mol. The summed E-state index contributed by atoms with van der Waals surface area (Å²) in [5.74, 6) is 1.09. The standard InChI is InChI=1S/C14H20N4O/c1-11-3-4-13(7-15)14(17-11)16-8-12-9-18(2)5-6-19-10-12/h3-4,12H,5-6,8-10H2,1-2H3,(H,16,17). The molecule has 2 heterocycles. The fourth-order valence-electron chi connectivity index (χ4n) is 2.20. The van der Waals surface area contributed by atoms with Crippen LogP contribution in [0.25, 0.3) is 0 Å². The molecule has 0 aromatic carbocycles. The summed E-state index contributed by atoms with van der Waals surface area (Å²) in [6, 6.07) is 5.82. The zero-order chi connectivity index (χ0) is 13.7. The van der Waals surface area contributed by atoms with Gasteiger partial charge in [-0.15, -0.1) is 0 Å². The van der Waals surface area contributed by atoms with E-state index in [0.717, 1.165) is 38.5 Å². The summed E-state index contributed by atoms with van der Waals surface area (Å²) in [6.45, 7) is 6.22. The second-order valence-electron chi connectivity index (χ2n) is 5.04. The van der Waals surface area contributed by atoms with Gasteiger partial charge in [0.2, 0.25) is 0 Å². The third-order valence-electron chi connectivity index (χ3n) is 3.25. The predicted octanol–water partition coefficient (Wildman–Crippen LogP) is 1.25. The Morgan fingerprint density at radius 3 is 3.21 bits per heavy atom. The third-order valence-corrected chi connectivity index (χ3v) is 3.25. The van der Waals surface area contributed by atoms with E-state index in [0.29, 0.717) is 17.3 Å². The molecule has 0 aliphatic carbocycles. The number of nitriles is 1. The van der Waals surface area contributed by atoms with Gasteiger partial charge in [-0.05, 0) is 26.1 Å². The molecule has 1 fully saturated rings. The third kappa shape index (κ3) is 3.91. The minimum absolute atomic E-state index is 0.418. The fraction of sp³-hybridized carbons (Fsp3) is 0.571. The zero-order valence-corrected chi connectivity index (χ0v) is 11.5. The number of anilines is 1. The summed E-state index contributed by atoms with van der Waals surface area (Å²) >= 11 is 0. The Balaban J connectivity index is 1.98. The number of ether oxygens (including phenoxy) is 1. The van der Waals surface area contributed by atoms with Gasteiger partial charge in [0.25, 0.3) is 0 Å². The van der Waals surface area contributed by atoms with E-state index < -0.39 is 0 Å². The van der Waals surface area contributed by atoms with E-state index in [-0.39, 0.29) is 0 Å². The molecular weight excluding hydrogens is 240 g/mol. The number of likely N-dealkylation sites (N-methyl/N-ethyl adjacent to an activating group) is 1. The lowest BCUT2D eigenvalue weighted by molar-refractivity contribution is 0.125. The van der Waals surface area contributed by atoms with Crippen molar-refractivity contribution in [1.29, 1.82) is 5.26 Å². The first-order chi connectivity index (χ1) is 9.19. The lowest BCUT2D eigenvalue weighted by atomic mass is 10.1. The molecule has 1 aliphatic heterocycles. The number of nitrogens with one attached hydrogen (secondary N) is 1. The quantitative estimate of drug-likeness (QED) is 0.886. The van der Waals surface area contributed by atoms with Crippen LogP contribution in [0.5, 0.6) is 0 Å². The molecule has 1 atom stereocenters. The highest BCUT2D eigenvalue weighted by Gasteiger charge is 2.16. The van der Waals surface area contributed by atoms with Crippen LogP contribution in [-0.2, 0) is 4.74 Å². The van der Waals surface area contributed by atoms with Crippen molar-refractivity contribution >= 4 is 5.82 Å². The molecule has 102 valence electrons. The summed E-state index contributed by atoms with van der Waals surface area (Å²) < 4.78 is 5.58. The van der Waals surface area contributed by atoms with E-state index in [4.69, 9.17) is 10.00 Å². The van der Waals surface area contributed by atoms with Crippen LogP contribution in [0.1, 0.15) is 11.3 Å². The second kappa shape index (κ2) is 6.50. The van der Waals surface area contributed by atoms with Crippen LogP contribution in [0, 0.1) is 24.2 Å². The number of hydrogen-bond donors (Lipinski definition) is 1. The van der Waals surface area contributed by atoms with Crippen molar-refractivity contribution in [2.45, 2.75) is 6.92 Å². The molecule has 0 amide bonds. The molecule has 1 saturated heterocycles. The highest BCUT2D eigenvalue weighted by atomic mass is 16.5. The average molecular weight is 260 g/mol. The van der Waals surface area contributed by atoms with Crippen molar-refractivity contribution < 1.29 is 4.74 Å². The van der Waals surface area contributed by atoms with Crippen LogP contribution in [0.3, 0.4) is 0 Å². The zero-order valence-electron chi connectivity index (χ0n) is 11.5. The number of aromatic nitrogens is 1. The highest BCUT2D eigenvalue weighted by molar-refractivity contribution is 5.52.